The van der Waals surface area contributed by atoms with Crippen LogP contribution >= 0.6 is 0 Å². The molecule has 10 heavy (non-hydrogen) atoms. The van der Waals surface area contributed by atoms with Crippen LogP contribution in [0.2, 0.25) is 0 Å². The van der Waals surface area contributed by atoms with Crippen molar-refractivity contribution in [2.75, 3.05) is 14.1 Å². The van der Waals surface area contributed by atoms with Crippen LogP contribution in [0.25, 0.3) is 0 Å². The smallest absolute Gasteiger partial charge is 0.107 e. The average Bonchev–Trinajstić information content (AvgIpc) is 1.59. The Hall–Kier alpha value is -0.570. The molecule has 0 spiro atoms. The van der Waals surface area contributed by atoms with E-state index in [2.05, 4.69) is 13.8 Å². The SMILES string of the molecule is CC(=N)N(C(C)C)N(C)C. The highest BCUT2D eigenvalue weighted by atomic mass is 15.6. The first-order valence-electron chi connectivity index (χ1n) is 3.48. The molecular weight excluding hydrogens is 126 g/mol. The predicted molar refractivity (Wildman–Crippen MR) is 44.1 cm³/mol. The summed E-state index contributed by atoms with van der Waals surface area (Å²) in [6.45, 7) is 5.93. The molecule has 0 atom stereocenters. The molecule has 0 aliphatic rings. The van der Waals surface area contributed by atoms with Gasteiger partial charge in [-0.25, -0.2) is 5.01 Å². The molecular formula is C7H17N3. The van der Waals surface area contributed by atoms with Gasteiger partial charge in [-0.1, -0.05) is 0 Å². The number of rotatable bonds is 2. The highest BCUT2D eigenvalue weighted by Gasteiger charge is 2.10. The summed E-state index contributed by atoms with van der Waals surface area (Å²) in [6.07, 6.45) is 0. The summed E-state index contributed by atoms with van der Waals surface area (Å²) >= 11 is 0. The highest BCUT2D eigenvalue weighted by molar-refractivity contribution is 5.75. The minimum Gasteiger partial charge on any atom is -0.292 e. The molecule has 0 aliphatic carbocycles. The Labute approximate surface area is 63.1 Å². The molecule has 0 unspecified atom stereocenters. The number of hydrazine groups is 1. The largest absolute Gasteiger partial charge is 0.292 e. The molecule has 0 amide bonds. The Morgan fingerprint density at radius 2 is 1.70 bits per heavy atom. The topological polar surface area (TPSA) is 30.3 Å². The van der Waals surface area contributed by atoms with Gasteiger partial charge in [0.2, 0.25) is 0 Å². The maximum Gasteiger partial charge on any atom is 0.107 e. The molecule has 1 N–H and O–H groups in total. The van der Waals surface area contributed by atoms with E-state index in [1.54, 1.807) is 6.92 Å². The van der Waals surface area contributed by atoms with Crippen LogP contribution in [0.5, 0.6) is 0 Å². The fourth-order valence-corrected chi connectivity index (χ4v) is 1.15. The van der Waals surface area contributed by atoms with E-state index in [1.807, 2.05) is 24.1 Å². The molecule has 0 aliphatic heterocycles. The molecule has 3 heteroatoms. The zero-order valence-electron chi connectivity index (χ0n) is 7.47. The van der Waals surface area contributed by atoms with Gasteiger partial charge in [0.05, 0.1) is 0 Å². The second kappa shape index (κ2) is 3.56. The van der Waals surface area contributed by atoms with E-state index >= 15 is 0 Å². The lowest BCUT2D eigenvalue weighted by molar-refractivity contribution is 0.0756. The lowest BCUT2D eigenvalue weighted by Gasteiger charge is -2.33. The quantitative estimate of drug-likeness (QED) is 0.357. The molecule has 60 valence electrons. The summed E-state index contributed by atoms with van der Waals surface area (Å²) in [6, 6.07) is 0.368. The fraction of sp³-hybridized carbons (Fsp3) is 0.857. The van der Waals surface area contributed by atoms with Crippen molar-refractivity contribution in [3.8, 4) is 0 Å². The molecule has 0 heterocycles. The van der Waals surface area contributed by atoms with Crippen molar-refractivity contribution in [3.05, 3.63) is 0 Å². The van der Waals surface area contributed by atoms with Crippen molar-refractivity contribution in [1.29, 1.82) is 5.41 Å². The Kier molecular flexibility index (Phi) is 3.36. The number of hydrogen-bond donors (Lipinski definition) is 1. The average molecular weight is 143 g/mol. The van der Waals surface area contributed by atoms with Gasteiger partial charge in [0.15, 0.2) is 0 Å². The molecule has 0 saturated heterocycles. The van der Waals surface area contributed by atoms with Crippen LogP contribution in [-0.2, 0) is 0 Å². The maximum atomic E-state index is 7.40. The summed E-state index contributed by atoms with van der Waals surface area (Å²) in [5.41, 5.74) is 0. The monoisotopic (exact) mass is 143 g/mol. The van der Waals surface area contributed by atoms with Crippen LogP contribution in [0.3, 0.4) is 0 Å². The van der Waals surface area contributed by atoms with E-state index in [1.165, 1.54) is 0 Å². The summed E-state index contributed by atoms with van der Waals surface area (Å²) in [4.78, 5) is 0. The lowest BCUT2D eigenvalue weighted by atomic mass is 10.3. The van der Waals surface area contributed by atoms with Gasteiger partial charge in [-0.05, 0) is 20.8 Å². The van der Waals surface area contributed by atoms with E-state index < -0.39 is 0 Å². The van der Waals surface area contributed by atoms with E-state index in [0.717, 1.165) is 0 Å². The zero-order chi connectivity index (χ0) is 8.31. The van der Waals surface area contributed by atoms with Crippen molar-refractivity contribution < 1.29 is 0 Å². The maximum absolute atomic E-state index is 7.40. The van der Waals surface area contributed by atoms with E-state index in [0.29, 0.717) is 11.9 Å². The lowest BCUT2D eigenvalue weighted by Crippen LogP contribution is -2.44. The van der Waals surface area contributed by atoms with Gasteiger partial charge in [-0.2, -0.15) is 0 Å². The first-order valence-corrected chi connectivity index (χ1v) is 3.48. The molecule has 0 aromatic carbocycles. The minimum absolute atomic E-state index is 0.368. The van der Waals surface area contributed by atoms with Gasteiger partial charge in [0.1, 0.15) is 5.84 Å². The molecule has 0 saturated carbocycles. The summed E-state index contributed by atoms with van der Waals surface area (Å²) in [5.74, 6) is 0.583. The zero-order valence-corrected chi connectivity index (χ0v) is 7.47. The first-order chi connectivity index (χ1) is 4.46. The van der Waals surface area contributed by atoms with Gasteiger partial charge in [0.25, 0.3) is 0 Å². The van der Waals surface area contributed by atoms with Crippen LogP contribution in [0.15, 0.2) is 0 Å². The fourth-order valence-electron chi connectivity index (χ4n) is 1.15. The third kappa shape index (κ3) is 2.35. The Balaban J connectivity index is 4.12. The molecule has 0 fully saturated rings. The Bertz CT molecular complexity index is 110. The second-order valence-corrected chi connectivity index (χ2v) is 2.87. The third-order valence-corrected chi connectivity index (χ3v) is 1.26. The van der Waals surface area contributed by atoms with Crippen molar-refractivity contribution in [3.63, 3.8) is 0 Å². The van der Waals surface area contributed by atoms with Crippen LogP contribution < -0.4 is 0 Å². The summed E-state index contributed by atoms with van der Waals surface area (Å²) < 4.78 is 0. The number of hydrogen-bond acceptors (Lipinski definition) is 2. The van der Waals surface area contributed by atoms with Gasteiger partial charge in [-0.3, -0.25) is 10.4 Å². The number of amidine groups is 1. The van der Waals surface area contributed by atoms with Crippen molar-refractivity contribution in [1.82, 2.24) is 10.0 Å². The van der Waals surface area contributed by atoms with Crippen LogP contribution in [-0.4, -0.2) is 36.0 Å². The van der Waals surface area contributed by atoms with E-state index in [4.69, 9.17) is 5.41 Å². The normalized spacial score (nSPS) is 10.7. The van der Waals surface area contributed by atoms with Crippen LogP contribution in [0.4, 0.5) is 0 Å². The van der Waals surface area contributed by atoms with Crippen LogP contribution in [0.1, 0.15) is 20.8 Å². The first kappa shape index (κ1) is 9.43. The summed E-state index contributed by atoms with van der Waals surface area (Å²) in [5, 5.41) is 11.2. The minimum atomic E-state index is 0.368. The molecule has 0 bridgehead atoms. The van der Waals surface area contributed by atoms with Gasteiger partial charge >= 0.3 is 0 Å². The van der Waals surface area contributed by atoms with Crippen molar-refractivity contribution in [2.24, 2.45) is 0 Å². The predicted octanol–water partition coefficient (Wildman–Crippen LogP) is 1.17. The van der Waals surface area contributed by atoms with Gasteiger partial charge in [-0.15, -0.1) is 0 Å². The standard InChI is InChI=1S/C7H17N3/c1-6(2)10(7(3)8)9(4)5/h6,8H,1-5H3. The number of nitrogens with zero attached hydrogens (tertiary/aromatic N) is 2. The molecule has 3 nitrogen and oxygen atoms in total. The second-order valence-electron chi connectivity index (χ2n) is 2.87. The van der Waals surface area contributed by atoms with E-state index in [9.17, 15) is 0 Å². The molecule has 0 rings (SSSR count). The van der Waals surface area contributed by atoms with E-state index in [-0.39, 0.29) is 0 Å². The van der Waals surface area contributed by atoms with Gasteiger partial charge < -0.3 is 0 Å². The Morgan fingerprint density at radius 1 is 1.30 bits per heavy atom. The van der Waals surface area contributed by atoms with Gasteiger partial charge in [0, 0.05) is 20.1 Å². The van der Waals surface area contributed by atoms with Crippen molar-refractivity contribution >= 4 is 5.84 Å². The van der Waals surface area contributed by atoms with Crippen LogP contribution in [0, 0.1) is 5.41 Å². The molecule has 0 aromatic rings. The third-order valence-electron chi connectivity index (χ3n) is 1.26. The highest BCUT2D eigenvalue weighted by Crippen LogP contribution is 1.99. The molecule has 0 aromatic heterocycles. The molecule has 0 radical (unpaired) electrons. The number of nitrogens with one attached hydrogen (secondary N) is 1. The summed E-state index contributed by atoms with van der Waals surface area (Å²) in [7, 11) is 3.88. The van der Waals surface area contributed by atoms with Crippen molar-refractivity contribution in [2.45, 2.75) is 26.8 Å². The Morgan fingerprint density at radius 3 is 1.70 bits per heavy atom.